The van der Waals surface area contributed by atoms with Crippen molar-refractivity contribution in [1.82, 2.24) is 4.90 Å². The molecule has 0 saturated carbocycles. The van der Waals surface area contributed by atoms with Crippen LogP contribution in [-0.4, -0.2) is 23.0 Å². The summed E-state index contributed by atoms with van der Waals surface area (Å²) in [6, 6.07) is 28.3. The largest absolute Gasteiger partial charge is 0.333 e. The fraction of sp³-hybridized carbons (Fsp3) is 0.240. The van der Waals surface area contributed by atoms with Gasteiger partial charge in [-0.1, -0.05) is 76.6 Å². The zero-order valence-corrected chi connectivity index (χ0v) is 18.3. The molecule has 1 heterocycles. The van der Waals surface area contributed by atoms with Crippen molar-refractivity contribution in [3.8, 4) is 0 Å². The van der Waals surface area contributed by atoms with E-state index >= 15 is 0 Å². The van der Waals surface area contributed by atoms with Gasteiger partial charge in [-0.3, -0.25) is 4.79 Å². The molecular formula is C25H25BrN2O. The van der Waals surface area contributed by atoms with Crippen LogP contribution in [0.1, 0.15) is 31.0 Å². The molecule has 1 fully saturated rings. The molecule has 1 amide bonds. The number of rotatable bonds is 5. The zero-order chi connectivity index (χ0) is 20.4. The van der Waals surface area contributed by atoms with Crippen molar-refractivity contribution in [1.29, 1.82) is 0 Å². The summed E-state index contributed by atoms with van der Waals surface area (Å²) >= 11 is 3.52. The van der Waals surface area contributed by atoms with E-state index in [4.69, 9.17) is 0 Å². The van der Waals surface area contributed by atoms with Gasteiger partial charge in [-0.15, -0.1) is 0 Å². The molecule has 0 spiro atoms. The molecule has 3 aromatic carbocycles. The molecule has 3 nitrogen and oxygen atoms in total. The van der Waals surface area contributed by atoms with Crippen LogP contribution in [0.25, 0.3) is 0 Å². The van der Waals surface area contributed by atoms with Crippen LogP contribution in [0.4, 0.5) is 5.69 Å². The van der Waals surface area contributed by atoms with Gasteiger partial charge in [0, 0.05) is 16.7 Å². The Bertz CT molecular complexity index is 971. The van der Waals surface area contributed by atoms with E-state index in [0.29, 0.717) is 6.54 Å². The van der Waals surface area contributed by atoms with E-state index in [-0.39, 0.29) is 11.9 Å². The standard InChI is InChI=1S/C25H25BrN2O/c1-25(2)27(18-17-19-9-5-3-6-10-19)24(29)23(20-11-7-4-8-12-20)28(25)22-15-13-21(26)14-16-22/h3-16,23H,17-18H2,1-2H3. The van der Waals surface area contributed by atoms with E-state index in [0.717, 1.165) is 22.1 Å². The molecule has 3 aromatic rings. The highest BCUT2D eigenvalue weighted by atomic mass is 79.9. The Balaban J connectivity index is 1.72. The van der Waals surface area contributed by atoms with Crippen molar-refractivity contribution in [3.05, 3.63) is 101 Å². The number of benzene rings is 3. The predicted octanol–water partition coefficient (Wildman–Crippen LogP) is 5.82. The van der Waals surface area contributed by atoms with Crippen molar-refractivity contribution < 1.29 is 4.79 Å². The Morgan fingerprint density at radius 2 is 1.45 bits per heavy atom. The molecule has 0 N–H and O–H groups in total. The number of carbonyl (C=O) groups excluding carboxylic acids is 1. The molecule has 4 heteroatoms. The average Bonchev–Trinajstić information content (AvgIpc) is 2.93. The SMILES string of the molecule is CC1(C)N(CCc2ccccc2)C(=O)C(c2ccccc2)N1c1ccc(Br)cc1. The highest BCUT2D eigenvalue weighted by molar-refractivity contribution is 9.10. The number of hydrogen-bond acceptors (Lipinski definition) is 2. The molecule has 0 radical (unpaired) electrons. The van der Waals surface area contributed by atoms with Crippen LogP contribution in [0.2, 0.25) is 0 Å². The maximum atomic E-state index is 13.7. The van der Waals surface area contributed by atoms with E-state index in [1.807, 2.05) is 65.6 Å². The normalized spacial score (nSPS) is 18.3. The van der Waals surface area contributed by atoms with Gasteiger partial charge in [0.25, 0.3) is 5.91 Å². The van der Waals surface area contributed by atoms with Gasteiger partial charge in [-0.2, -0.15) is 0 Å². The van der Waals surface area contributed by atoms with Gasteiger partial charge in [0.1, 0.15) is 11.7 Å². The molecule has 1 saturated heterocycles. The first-order valence-corrected chi connectivity index (χ1v) is 10.7. The Morgan fingerprint density at radius 3 is 2.07 bits per heavy atom. The van der Waals surface area contributed by atoms with E-state index in [1.165, 1.54) is 5.56 Å². The minimum atomic E-state index is -0.444. The van der Waals surface area contributed by atoms with E-state index in [2.05, 4.69) is 58.9 Å². The second kappa shape index (κ2) is 8.03. The van der Waals surface area contributed by atoms with Crippen molar-refractivity contribution in [2.45, 2.75) is 32.0 Å². The van der Waals surface area contributed by atoms with Crippen molar-refractivity contribution in [2.75, 3.05) is 11.4 Å². The van der Waals surface area contributed by atoms with Crippen LogP contribution < -0.4 is 4.90 Å². The van der Waals surface area contributed by atoms with E-state index in [1.54, 1.807) is 0 Å². The molecule has 148 valence electrons. The lowest BCUT2D eigenvalue weighted by molar-refractivity contribution is -0.131. The lowest BCUT2D eigenvalue weighted by atomic mass is 10.0. The zero-order valence-electron chi connectivity index (χ0n) is 16.8. The molecular weight excluding hydrogens is 424 g/mol. The first-order valence-electron chi connectivity index (χ1n) is 9.94. The van der Waals surface area contributed by atoms with Gasteiger partial charge in [0.15, 0.2) is 0 Å². The molecule has 0 aromatic heterocycles. The summed E-state index contributed by atoms with van der Waals surface area (Å²) in [5, 5.41) is 0. The van der Waals surface area contributed by atoms with Crippen molar-refractivity contribution >= 4 is 27.5 Å². The number of hydrogen-bond donors (Lipinski definition) is 0. The second-order valence-electron chi connectivity index (χ2n) is 7.88. The van der Waals surface area contributed by atoms with Crippen LogP contribution in [0.15, 0.2) is 89.4 Å². The van der Waals surface area contributed by atoms with Gasteiger partial charge >= 0.3 is 0 Å². The molecule has 1 aliphatic heterocycles. The van der Waals surface area contributed by atoms with Gasteiger partial charge in [-0.05, 0) is 55.7 Å². The molecule has 1 aliphatic rings. The number of anilines is 1. The fourth-order valence-electron chi connectivity index (χ4n) is 4.24. The maximum Gasteiger partial charge on any atom is 0.251 e. The third kappa shape index (κ3) is 3.82. The lowest BCUT2D eigenvalue weighted by Crippen LogP contribution is -2.50. The topological polar surface area (TPSA) is 23.6 Å². The third-order valence-electron chi connectivity index (χ3n) is 5.70. The van der Waals surface area contributed by atoms with Crippen LogP contribution >= 0.6 is 15.9 Å². The first kappa shape index (κ1) is 19.7. The molecule has 1 unspecified atom stereocenters. The highest BCUT2D eigenvalue weighted by Gasteiger charge is 2.51. The van der Waals surface area contributed by atoms with Gasteiger partial charge < -0.3 is 9.80 Å². The van der Waals surface area contributed by atoms with E-state index in [9.17, 15) is 4.79 Å². The third-order valence-corrected chi connectivity index (χ3v) is 6.22. The minimum Gasteiger partial charge on any atom is -0.333 e. The Labute approximate surface area is 181 Å². The molecule has 0 bridgehead atoms. The number of amides is 1. The van der Waals surface area contributed by atoms with Crippen LogP contribution in [0.3, 0.4) is 0 Å². The lowest BCUT2D eigenvalue weighted by Gasteiger charge is -2.40. The summed E-state index contributed by atoms with van der Waals surface area (Å²) < 4.78 is 1.03. The van der Waals surface area contributed by atoms with Crippen LogP contribution in [-0.2, 0) is 11.2 Å². The Hall–Kier alpha value is -2.59. The summed E-state index contributed by atoms with van der Waals surface area (Å²) in [5.41, 5.74) is 2.87. The Kier molecular flexibility index (Phi) is 5.46. The summed E-state index contributed by atoms with van der Waals surface area (Å²) in [6.45, 7) is 4.97. The summed E-state index contributed by atoms with van der Waals surface area (Å²) in [7, 11) is 0. The molecule has 0 aliphatic carbocycles. The summed E-state index contributed by atoms with van der Waals surface area (Å²) in [4.78, 5) is 17.9. The molecule has 1 atom stereocenters. The quantitative estimate of drug-likeness (QED) is 0.490. The maximum absolute atomic E-state index is 13.7. The van der Waals surface area contributed by atoms with Crippen LogP contribution in [0, 0.1) is 0 Å². The first-order chi connectivity index (χ1) is 14.0. The second-order valence-corrected chi connectivity index (χ2v) is 8.80. The summed E-state index contributed by atoms with van der Waals surface area (Å²) in [5.74, 6) is 0.153. The van der Waals surface area contributed by atoms with Gasteiger partial charge in [0.05, 0.1) is 0 Å². The smallest absolute Gasteiger partial charge is 0.251 e. The average molecular weight is 449 g/mol. The highest BCUT2D eigenvalue weighted by Crippen LogP contribution is 2.43. The summed E-state index contributed by atoms with van der Waals surface area (Å²) in [6.07, 6.45) is 0.839. The van der Waals surface area contributed by atoms with Crippen LogP contribution in [0.5, 0.6) is 0 Å². The fourth-order valence-corrected chi connectivity index (χ4v) is 4.50. The molecule has 29 heavy (non-hydrogen) atoms. The number of halogens is 1. The van der Waals surface area contributed by atoms with E-state index < -0.39 is 5.66 Å². The van der Waals surface area contributed by atoms with Crippen molar-refractivity contribution in [3.63, 3.8) is 0 Å². The number of nitrogens with zero attached hydrogens (tertiary/aromatic N) is 2. The predicted molar refractivity (Wildman–Crippen MR) is 122 cm³/mol. The monoisotopic (exact) mass is 448 g/mol. The molecule has 4 rings (SSSR count). The van der Waals surface area contributed by atoms with Gasteiger partial charge in [0.2, 0.25) is 0 Å². The number of carbonyl (C=O) groups is 1. The Morgan fingerprint density at radius 1 is 0.862 bits per heavy atom. The van der Waals surface area contributed by atoms with Gasteiger partial charge in [-0.25, -0.2) is 0 Å². The van der Waals surface area contributed by atoms with Crippen molar-refractivity contribution in [2.24, 2.45) is 0 Å². The minimum absolute atomic E-state index is 0.153.